The van der Waals surface area contributed by atoms with Crippen molar-refractivity contribution in [1.29, 1.82) is 0 Å². The third-order valence-electron chi connectivity index (χ3n) is 4.51. The summed E-state index contributed by atoms with van der Waals surface area (Å²) in [6.07, 6.45) is 0.679. The van der Waals surface area contributed by atoms with E-state index in [0.717, 1.165) is 6.42 Å². The van der Waals surface area contributed by atoms with Gasteiger partial charge in [0.15, 0.2) is 0 Å². The standard InChI is InChI=1S/C18H29N3O2/c1-12-7-6-8-15(13(12)2)16(20-19)14-9-10-21(11-14)17(22)23-18(3,4)5/h6-8,14,16,20H,9-11,19H2,1-5H3. The molecule has 3 N–H and O–H groups in total. The van der Waals surface area contributed by atoms with Gasteiger partial charge in [0.25, 0.3) is 0 Å². The first kappa shape index (κ1) is 17.8. The van der Waals surface area contributed by atoms with Gasteiger partial charge in [0, 0.05) is 13.1 Å². The zero-order valence-corrected chi connectivity index (χ0v) is 14.8. The van der Waals surface area contributed by atoms with Gasteiger partial charge in [0.1, 0.15) is 5.60 Å². The van der Waals surface area contributed by atoms with Gasteiger partial charge >= 0.3 is 6.09 Å². The largest absolute Gasteiger partial charge is 0.444 e. The number of nitrogens with one attached hydrogen (secondary N) is 1. The van der Waals surface area contributed by atoms with E-state index in [9.17, 15) is 4.79 Å². The zero-order chi connectivity index (χ0) is 17.2. The third kappa shape index (κ3) is 4.24. The molecule has 23 heavy (non-hydrogen) atoms. The molecule has 0 saturated carbocycles. The summed E-state index contributed by atoms with van der Waals surface area (Å²) in [4.78, 5) is 14.0. The maximum Gasteiger partial charge on any atom is 0.410 e. The molecule has 0 bridgehead atoms. The van der Waals surface area contributed by atoms with Crippen LogP contribution in [0.25, 0.3) is 0 Å². The fourth-order valence-electron chi connectivity index (χ4n) is 3.14. The molecule has 1 heterocycles. The number of hydrogen-bond acceptors (Lipinski definition) is 4. The first-order chi connectivity index (χ1) is 10.7. The van der Waals surface area contributed by atoms with Gasteiger partial charge in [-0.3, -0.25) is 11.3 Å². The molecule has 1 aliphatic heterocycles. The van der Waals surface area contributed by atoms with Crippen molar-refractivity contribution in [3.63, 3.8) is 0 Å². The first-order valence-corrected chi connectivity index (χ1v) is 8.23. The lowest BCUT2D eigenvalue weighted by Gasteiger charge is -2.27. The summed E-state index contributed by atoms with van der Waals surface area (Å²) < 4.78 is 5.47. The molecule has 2 rings (SSSR count). The second-order valence-electron chi connectivity index (χ2n) is 7.41. The molecule has 0 spiro atoms. The Hall–Kier alpha value is -1.59. The van der Waals surface area contributed by atoms with Gasteiger partial charge in [-0.15, -0.1) is 0 Å². The number of carbonyl (C=O) groups excluding carboxylic acids is 1. The van der Waals surface area contributed by atoms with E-state index in [-0.39, 0.29) is 18.1 Å². The van der Waals surface area contributed by atoms with E-state index in [1.807, 2.05) is 20.8 Å². The topological polar surface area (TPSA) is 67.6 Å². The van der Waals surface area contributed by atoms with Crippen LogP contribution in [-0.2, 0) is 4.74 Å². The summed E-state index contributed by atoms with van der Waals surface area (Å²) in [7, 11) is 0. The molecule has 5 nitrogen and oxygen atoms in total. The highest BCUT2D eigenvalue weighted by Crippen LogP contribution is 2.32. The predicted molar refractivity (Wildman–Crippen MR) is 91.9 cm³/mol. The minimum atomic E-state index is -0.464. The van der Waals surface area contributed by atoms with Crippen LogP contribution in [0.2, 0.25) is 0 Å². The van der Waals surface area contributed by atoms with Crippen molar-refractivity contribution in [2.24, 2.45) is 11.8 Å². The van der Waals surface area contributed by atoms with E-state index in [1.54, 1.807) is 4.90 Å². The average molecular weight is 319 g/mol. The van der Waals surface area contributed by atoms with E-state index in [0.29, 0.717) is 13.1 Å². The van der Waals surface area contributed by atoms with Gasteiger partial charge < -0.3 is 9.64 Å². The number of hydrogen-bond donors (Lipinski definition) is 2. The first-order valence-electron chi connectivity index (χ1n) is 8.23. The number of nitrogens with zero attached hydrogens (tertiary/aromatic N) is 1. The molecular weight excluding hydrogens is 290 g/mol. The molecule has 0 radical (unpaired) electrons. The number of benzene rings is 1. The Morgan fingerprint density at radius 3 is 2.70 bits per heavy atom. The molecule has 0 aliphatic carbocycles. The Morgan fingerprint density at radius 2 is 2.09 bits per heavy atom. The van der Waals surface area contributed by atoms with Crippen molar-refractivity contribution in [3.05, 3.63) is 34.9 Å². The van der Waals surface area contributed by atoms with E-state index >= 15 is 0 Å². The molecule has 128 valence electrons. The molecule has 2 atom stereocenters. The summed E-state index contributed by atoms with van der Waals surface area (Å²) in [6.45, 7) is 11.3. The van der Waals surface area contributed by atoms with Gasteiger partial charge in [-0.05, 0) is 63.6 Å². The van der Waals surface area contributed by atoms with Crippen LogP contribution in [-0.4, -0.2) is 29.7 Å². The van der Waals surface area contributed by atoms with Gasteiger partial charge in [0.2, 0.25) is 0 Å². The molecule has 1 fully saturated rings. The Balaban J connectivity index is 2.10. The van der Waals surface area contributed by atoms with Crippen LogP contribution < -0.4 is 11.3 Å². The normalized spacial score (nSPS) is 19.7. The van der Waals surface area contributed by atoms with Gasteiger partial charge in [-0.25, -0.2) is 4.79 Å². The summed E-state index contributed by atoms with van der Waals surface area (Å²) in [5, 5.41) is 0. The van der Waals surface area contributed by atoms with Crippen LogP contribution in [0.4, 0.5) is 4.79 Å². The van der Waals surface area contributed by atoms with Gasteiger partial charge in [0.05, 0.1) is 6.04 Å². The quantitative estimate of drug-likeness (QED) is 0.664. The number of rotatable bonds is 3. The molecule has 1 saturated heterocycles. The molecule has 1 aliphatic rings. The minimum Gasteiger partial charge on any atom is -0.444 e. The molecule has 5 heteroatoms. The second-order valence-corrected chi connectivity index (χ2v) is 7.41. The number of hydrazine groups is 1. The molecule has 1 aromatic carbocycles. The number of nitrogens with two attached hydrogens (primary N) is 1. The van der Waals surface area contributed by atoms with Crippen LogP contribution in [0.1, 0.15) is 49.9 Å². The monoisotopic (exact) mass is 319 g/mol. The van der Waals surface area contributed by atoms with E-state index < -0.39 is 5.60 Å². The number of amides is 1. The predicted octanol–water partition coefficient (Wildman–Crippen LogP) is 3.06. The van der Waals surface area contributed by atoms with Crippen LogP contribution in [0, 0.1) is 19.8 Å². The third-order valence-corrected chi connectivity index (χ3v) is 4.51. The van der Waals surface area contributed by atoms with Crippen LogP contribution >= 0.6 is 0 Å². The lowest BCUT2D eigenvalue weighted by Crippen LogP contribution is -2.38. The van der Waals surface area contributed by atoms with Crippen LogP contribution in [0.5, 0.6) is 0 Å². The summed E-state index contributed by atoms with van der Waals surface area (Å²) in [6, 6.07) is 6.32. The van der Waals surface area contributed by atoms with Gasteiger partial charge in [-0.1, -0.05) is 18.2 Å². The highest BCUT2D eigenvalue weighted by Gasteiger charge is 2.34. The fraction of sp³-hybridized carbons (Fsp3) is 0.611. The SMILES string of the molecule is Cc1cccc(C(NN)C2CCN(C(=O)OC(C)(C)C)C2)c1C. The maximum absolute atomic E-state index is 12.2. The maximum atomic E-state index is 12.2. The highest BCUT2D eigenvalue weighted by molar-refractivity contribution is 5.68. The lowest BCUT2D eigenvalue weighted by atomic mass is 9.88. The summed E-state index contributed by atoms with van der Waals surface area (Å²) >= 11 is 0. The molecular formula is C18H29N3O2. The van der Waals surface area contributed by atoms with Crippen molar-refractivity contribution < 1.29 is 9.53 Å². The van der Waals surface area contributed by atoms with E-state index in [4.69, 9.17) is 10.6 Å². The Morgan fingerprint density at radius 1 is 1.39 bits per heavy atom. The fourth-order valence-corrected chi connectivity index (χ4v) is 3.14. The van der Waals surface area contributed by atoms with Crippen molar-refractivity contribution in [2.75, 3.05) is 13.1 Å². The lowest BCUT2D eigenvalue weighted by molar-refractivity contribution is 0.0285. The van der Waals surface area contributed by atoms with E-state index in [2.05, 4.69) is 37.5 Å². The van der Waals surface area contributed by atoms with Crippen LogP contribution in [0.3, 0.4) is 0 Å². The zero-order valence-electron chi connectivity index (χ0n) is 14.8. The smallest absolute Gasteiger partial charge is 0.410 e. The van der Waals surface area contributed by atoms with Crippen molar-refractivity contribution in [1.82, 2.24) is 10.3 Å². The van der Waals surface area contributed by atoms with Crippen molar-refractivity contribution >= 4 is 6.09 Å². The second kappa shape index (κ2) is 6.89. The molecule has 0 aromatic heterocycles. The van der Waals surface area contributed by atoms with Gasteiger partial charge in [-0.2, -0.15) is 0 Å². The summed E-state index contributed by atoms with van der Waals surface area (Å²) in [5.41, 5.74) is 6.21. The molecule has 1 aromatic rings. The Kier molecular flexibility index (Phi) is 5.32. The highest BCUT2D eigenvalue weighted by atomic mass is 16.6. The van der Waals surface area contributed by atoms with Crippen molar-refractivity contribution in [3.8, 4) is 0 Å². The number of aryl methyl sites for hydroxylation is 1. The minimum absolute atomic E-state index is 0.0438. The number of ether oxygens (including phenoxy) is 1. The average Bonchev–Trinajstić information content (AvgIpc) is 2.92. The molecule has 2 unspecified atom stereocenters. The number of carbonyl (C=O) groups is 1. The van der Waals surface area contributed by atoms with E-state index in [1.165, 1.54) is 16.7 Å². The summed E-state index contributed by atoms with van der Waals surface area (Å²) in [5.74, 6) is 6.13. The Labute approximate surface area is 139 Å². The Bertz CT molecular complexity index is 566. The number of likely N-dealkylation sites (tertiary alicyclic amines) is 1. The molecule has 1 amide bonds. The van der Waals surface area contributed by atoms with Crippen LogP contribution in [0.15, 0.2) is 18.2 Å². The van der Waals surface area contributed by atoms with Crippen molar-refractivity contribution in [2.45, 2.75) is 52.7 Å².